The van der Waals surface area contributed by atoms with Gasteiger partial charge in [0.2, 0.25) is 0 Å². The first kappa shape index (κ1) is 20.8. The molecule has 0 atom stereocenters. The fourth-order valence-corrected chi connectivity index (χ4v) is 4.88. The Kier molecular flexibility index (Phi) is 6.03. The monoisotopic (exact) mass is 446 g/mol. The van der Waals surface area contributed by atoms with Crippen LogP contribution >= 0.6 is 23.3 Å². The van der Waals surface area contributed by atoms with Crippen LogP contribution in [0.3, 0.4) is 0 Å². The maximum Gasteiger partial charge on any atom is 0.330 e. The summed E-state index contributed by atoms with van der Waals surface area (Å²) >= 11 is 2.54. The van der Waals surface area contributed by atoms with E-state index in [1.54, 1.807) is 34.1 Å². The van der Waals surface area contributed by atoms with E-state index in [2.05, 4.69) is 4.98 Å². The van der Waals surface area contributed by atoms with E-state index in [0.29, 0.717) is 29.5 Å². The first-order valence-electron chi connectivity index (χ1n) is 9.46. The zero-order chi connectivity index (χ0) is 21.3. The van der Waals surface area contributed by atoms with Gasteiger partial charge in [-0.3, -0.25) is 14.9 Å². The summed E-state index contributed by atoms with van der Waals surface area (Å²) in [5.41, 5.74) is 2.26. The normalized spacial score (nSPS) is 14.9. The van der Waals surface area contributed by atoms with Crippen LogP contribution in [0.15, 0.2) is 46.7 Å². The van der Waals surface area contributed by atoms with Crippen LogP contribution in [0.5, 0.6) is 0 Å². The fraction of sp³-hybridized carbons (Fsp3) is 0.238. The summed E-state index contributed by atoms with van der Waals surface area (Å²) in [6, 6.07) is 10.1. The number of aromatic nitrogens is 1. The molecule has 3 aromatic rings. The first-order chi connectivity index (χ1) is 14.5. The van der Waals surface area contributed by atoms with Crippen LogP contribution < -0.4 is 14.9 Å². The summed E-state index contributed by atoms with van der Waals surface area (Å²) in [6.45, 7) is 3.04. The Labute approximate surface area is 181 Å². The molecule has 2 amide bonds. The van der Waals surface area contributed by atoms with Gasteiger partial charge in [0.25, 0.3) is 0 Å². The number of nitrogens with two attached hydrogens (primary N) is 1. The molecule has 0 radical (unpaired) electrons. The number of halogens is 2. The van der Waals surface area contributed by atoms with E-state index >= 15 is 0 Å². The number of carbonyl (C=O) groups excluding carboxylic acids is 1. The first-order valence-corrected chi connectivity index (χ1v) is 11.2. The van der Waals surface area contributed by atoms with Crippen LogP contribution in [-0.4, -0.2) is 24.1 Å². The zero-order valence-electron chi connectivity index (χ0n) is 16.3. The maximum atomic E-state index is 14.1. The molecule has 30 heavy (non-hydrogen) atoms. The smallest absolute Gasteiger partial charge is 0.294 e. The number of urea groups is 1. The number of hydrogen-bond acceptors (Lipinski definition) is 5. The van der Waals surface area contributed by atoms with Crippen molar-refractivity contribution in [2.75, 3.05) is 22.9 Å². The van der Waals surface area contributed by atoms with E-state index in [1.807, 2.05) is 6.92 Å². The number of benzene rings is 2. The predicted molar refractivity (Wildman–Crippen MR) is 118 cm³/mol. The summed E-state index contributed by atoms with van der Waals surface area (Å²) in [5, 5.41) is 6.32. The van der Waals surface area contributed by atoms with Gasteiger partial charge in [-0.15, -0.1) is 0 Å². The van der Waals surface area contributed by atoms with Crippen molar-refractivity contribution in [3.05, 3.63) is 59.8 Å². The van der Waals surface area contributed by atoms with E-state index in [0.717, 1.165) is 46.8 Å². The van der Waals surface area contributed by atoms with Gasteiger partial charge in [-0.25, -0.2) is 18.6 Å². The molecule has 0 saturated carbocycles. The molecule has 1 saturated heterocycles. The second kappa shape index (κ2) is 8.71. The average molecular weight is 447 g/mol. The lowest BCUT2D eigenvalue weighted by atomic mass is 10.0. The Morgan fingerprint density at radius 2 is 1.77 bits per heavy atom. The summed E-state index contributed by atoms with van der Waals surface area (Å²) in [6.07, 6.45) is 1.71. The van der Waals surface area contributed by atoms with E-state index in [9.17, 15) is 13.6 Å². The number of rotatable bonds is 4. The highest BCUT2D eigenvalue weighted by molar-refractivity contribution is 7.99. The van der Waals surface area contributed by atoms with Gasteiger partial charge in [-0.05, 0) is 67.6 Å². The Morgan fingerprint density at radius 1 is 1.07 bits per heavy atom. The van der Waals surface area contributed by atoms with Crippen molar-refractivity contribution < 1.29 is 13.6 Å². The van der Waals surface area contributed by atoms with E-state index in [-0.39, 0.29) is 11.6 Å². The van der Waals surface area contributed by atoms with Crippen molar-refractivity contribution in [3.8, 4) is 11.1 Å². The molecule has 2 N–H and O–H groups in total. The summed E-state index contributed by atoms with van der Waals surface area (Å²) in [4.78, 5) is 21.2. The second-order valence-electron chi connectivity index (χ2n) is 6.95. The van der Waals surface area contributed by atoms with Crippen LogP contribution in [0.4, 0.5) is 24.4 Å². The van der Waals surface area contributed by atoms with Crippen molar-refractivity contribution in [2.24, 2.45) is 5.14 Å². The molecule has 0 unspecified atom stereocenters. The van der Waals surface area contributed by atoms with Gasteiger partial charge in [0.05, 0.1) is 9.90 Å². The lowest BCUT2D eigenvalue weighted by molar-refractivity contribution is 0.252. The molecular weight excluding hydrogens is 426 g/mol. The molecule has 0 spiro atoms. The molecule has 1 aliphatic heterocycles. The molecule has 156 valence electrons. The molecule has 1 fully saturated rings. The zero-order valence-corrected chi connectivity index (χ0v) is 17.9. The Bertz CT molecular complexity index is 1070. The number of carbonyl (C=O) groups is 1. The number of nitrogens with zero attached hydrogens (tertiary/aromatic N) is 3. The largest absolute Gasteiger partial charge is 0.330 e. The Balaban J connectivity index is 1.62. The predicted octanol–water partition coefficient (Wildman–Crippen LogP) is 5.59. The van der Waals surface area contributed by atoms with E-state index in [1.165, 1.54) is 17.4 Å². The molecule has 0 bridgehead atoms. The minimum atomic E-state index is -0.498. The van der Waals surface area contributed by atoms with Gasteiger partial charge < -0.3 is 0 Å². The Morgan fingerprint density at radius 3 is 2.43 bits per heavy atom. The molecule has 2 heterocycles. The fourth-order valence-electron chi connectivity index (χ4n) is 3.43. The topological polar surface area (TPSA) is 62.5 Å². The highest BCUT2D eigenvalue weighted by Crippen LogP contribution is 2.34. The van der Waals surface area contributed by atoms with Crippen molar-refractivity contribution in [3.63, 3.8) is 0 Å². The van der Waals surface area contributed by atoms with Gasteiger partial charge in [0.15, 0.2) is 5.13 Å². The van der Waals surface area contributed by atoms with Crippen molar-refractivity contribution >= 4 is 40.1 Å². The molecule has 2 aromatic carbocycles. The molecule has 4 rings (SSSR count). The van der Waals surface area contributed by atoms with E-state index in [4.69, 9.17) is 5.14 Å². The average Bonchev–Trinajstić information content (AvgIpc) is 3.01. The second-order valence-corrected chi connectivity index (χ2v) is 8.83. The molecule has 9 heteroatoms. The highest BCUT2D eigenvalue weighted by atomic mass is 32.2. The van der Waals surface area contributed by atoms with Crippen LogP contribution in [0.1, 0.15) is 18.5 Å². The van der Waals surface area contributed by atoms with Crippen molar-refractivity contribution in [1.29, 1.82) is 0 Å². The van der Waals surface area contributed by atoms with E-state index < -0.39 is 11.6 Å². The summed E-state index contributed by atoms with van der Waals surface area (Å²) < 4.78 is 28.5. The number of thiazole rings is 1. The molecule has 1 aromatic heterocycles. The van der Waals surface area contributed by atoms with Crippen LogP contribution in [0, 0.1) is 18.6 Å². The van der Waals surface area contributed by atoms with Crippen molar-refractivity contribution in [1.82, 2.24) is 4.98 Å². The van der Waals surface area contributed by atoms with Gasteiger partial charge >= 0.3 is 6.03 Å². The molecular formula is C21H20F2N4OS2. The van der Waals surface area contributed by atoms with Gasteiger partial charge in [-0.2, -0.15) is 0 Å². The molecule has 0 aliphatic carbocycles. The minimum absolute atomic E-state index is 0.153. The number of aryl methyl sites for hydroxylation is 1. The lowest BCUT2D eigenvalue weighted by Gasteiger charge is -2.26. The summed E-state index contributed by atoms with van der Waals surface area (Å²) in [5.74, 6) is -0.989. The lowest BCUT2D eigenvalue weighted by Crippen LogP contribution is -2.42. The molecule has 5 nitrogen and oxygen atoms in total. The summed E-state index contributed by atoms with van der Waals surface area (Å²) in [7, 11) is 0. The van der Waals surface area contributed by atoms with Crippen molar-refractivity contribution in [2.45, 2.75) is 24.0 Å². The molecule has 1 aliphatic rings. The quantitative estimate of drug-likeness (QED) is 0.531. The highest BCUT2D eigenvalue weighted by Gasteiger charge is 2.28. The number of hydrogen-bond donors (Lipinski definition) is 1. The Hall–Kier alpha value is -2.49. The van der Waals surface area contributed by atoms with Crippen LogP contribution in [0.25, 0.3) is 11.1 Å². The minimum Gasteiger partial charge on any atom is -0.294 e. The number of amides is 2. The third kappa shape index (κ3) is 4.05. The standard InChI is InChI=1S/C21H20F2N4OS2/c1-13-19(30-24)29-20(25-13)27-11-3-2-10-26(21(27)28)16-7-4-14(5-8-16)17-12-15(22)6-9-18(17)23/h4-9,12H,2-3,10-11,24H2,1H3. The van der Waals surface area contributed by atoms with Crippen LogP contribution in [-0.2, 0) is 0 Å². The SMILES string of the molecule is Cc1nc(N2CCCCN(c3ccc(-c4cc(F)ccc4F)cc3)C2=O)sc1SN. The number of anilines is 2. The third-order valence-corrected chi connectivity index (χ3v) is 7.00. The third-order valence-electron chi connectivity index (χ3n) is 4.97. The van der Waals surface area contributed by atoms with Gasteiger partial charge in [0, 0.05) is 24.3 Å². The van der Waals surface area contributed by atoms with Gasteiger partial charge in [0.1, 0.15) is 11.6 Å². The maximum absolute atomic E-state index is 14.1. The van der Waals surface area contributed by atoms with Crippen LogP contribution in [0.2, 0.25) is 0 Å². The van der Waals surface area contributed by atoms with Gasteiger partial charge in [-0.1, -0.05) is 23.5 Å².